The molecule has 0 spiro atoms. The van der Waals surface area contributed by atoms with Crippen LogP contribution in [0.1, 0.15) is 51.5 Å². The average Bonchev–Trinajstić information content (AvgIpc) is 3.54. The van der Waals surface area contributed by atoms with Gasteiger partial charge in [-0.05, 0) is 81.0 Å². The van der Waals surface area contributed by atoms with E-state index in [-0.39, 0.29) is 35.7 Å². The lowest BCUT2D eigenvalue weighted by Gasteiger charge is -2.34. The topological polar surface area (TPSA) is 96.0 Å². The molecule has 1 atom stereocenters. The summed E-state index contributed by atoms with van der Waals surface area (Å²) in [4.78, 5) is 30.4. The van der Waals surface area contributed by atoms with Crippen molar-refractivity contribution in [3.05, 3.63) is 82.3 Å². The first-order valence-corrected chi connectivity index (χ1v) is 18.4. The molecule has 0 aliphatic heterocycles. The van der Waals surface area contributed by atoms with Crippen LogP contribution in [-0.4, -0.2) is 56.6 Å². The van der Waals surface area contributed by atoms with Gasteiger partial charge in [-0.1, -0.05) is 61.2 Å². The molecular formula is C33H39Cl2N3O5S2. The molecule has 1 saturated carbocycles. The molecule has 2 amide bonds. The molecule has 45 heavy (non-hydrogen) atoms. The van der Waals surface area contributed by atoms with Crippen molar-refractivity contribution in [1.82, 2.24) is 10.2 Å². The Morgan fingerprint density at radius 3 is 2.22 bits per heavy atom. The highest BCUT2D eigenvalue weighted by atomic mass is 35.5. The van der Waals surface area contributed by atoms with Crippen molar-refractivity contribution in [2.75, 3.05) is 23.7 Å². The van der Waals surface area contributed by atoms with Crippen LogP contribution < -0.4 is 14.4 Å². The van der Waals surface area contributed by atoms with Crippen molar-refractivity contribution in [3.8, 4) is 5.75 Å². The van der Waals surface area contributed by atoms with E-state index in [1.807, 2.05) is 13.2 Å². The second-order valence-corrected chi connectivity index (χ2v) is 14.3. The molecule has 8 nitrogen and oxygen atoms in total. The third kappa shape index (κ3) is 8.47. The number of carbonyl (C=O) groups is 2. The number of ether oxygens (including phenoxy) is 1. The number of hydrogen-bond donors (Lipinski definition) is 1. The second-order valence-electron chi connectivity index (χ2n) is 10.7. The van der Waals surface area contributed by atoms with Crippen molar-refractivity contribution in [2.24, 2.45) is 0 Å². The number of amides is 2. The SMILES string of the molecule is CCOc1ccccc1N(CC(=O)N(Cc1c(Cl)cccc1Cl)C(CC)C(=O)NC1CCCC1)S(=O)(=O)c1ccc(SC)cc1. The highest BCUT2D eigenvalue weighted by Crippen LogP contribution is 2.34. The lowest BCUT2D eigenvalue weighted by Crippen LogP contribution is -2.53. The Morgan fingerprint density at radius 1 is 0.978 bits per heavy atom. The molecule has 1 N–H and O–H groups in total. The summed E-state index contributed by atoms with van der Waals surface area (Å²) < 4.78 is 35.4. The number of nitrogens with one attached hydrogen (secondary N) is 1. The third-order valence-corrected chi connectivity index (χ3v) is 11.1. The van der Waals surface area contributed by atoms with Gasteiger partial charge in [0, 0.05) is 33.1 Å². The van der Waals surface area contributed by atoms with Crippen LogP contribution in [0.25, 0.3) is 0 Å². The third-order valence-electron chi connectivity index (χ3n) is 7.84. The average molecular weight is 693 g/mol. The van der Waals surface area contributed by atoms with Gasteiger partial charge >= 0.3 is 0 Å². The Kier molecular flexibility index (Phi) is 12.5. The number of rotatable bonds is 14. The molecule has 1 unspecified atom stereocenters. The summed E-state index contributed by atoms with van der Waals surface area (Å²) >= 11 is 14.6. The van der Waals surface area contributed by atoms with E-state index in [0.29, 0.717) is 27.8 Å². The molecule has 0 aromatic heterocycles. The van der Waals surface area contributed by atoms with E-state index in [0.717, 1.165) is 34.9 Å². The summed E-state index contributed by atoms with van der Waals surface area (Å²) in [6.07, 6.45) is 6.02. The molecule has 0 bridgehead atoms. The number of nitrogens with zero attached hydrogens (tertiary/aromatic N) is 2. The quantitative estimate of drug-likeness (QED) is 0.180. The maximum Gasteiger partial charge on any atom is 0.264 e. The van der Waals surface area contributed by atoms with Crippen LogP contribution in [0.3, 0.4) is 0 Å². The van der Waals surface area contributed by atoms with Crippen LogP contribution >= 0.6 is 35.0 Å². The number of hydrogen-bond acceptors (Lipinski definition) is 6. The van der Waals surface area contributed by atoms with Crippen LogP contribution in [-0.2, 0) is 26.2 Å². The van der Waals surface area contributed by atoms with Gasteiger partial charge < -0.3 is 15.0 Å². The Labute approximate surface area is 280 Å². The van der Waals surface area contributed by atoms with Gasteiger partial charge in [-0.15, -0.1) is 11.8 Å². The summed E-state index contributed by atoms with van der Waals surface area (Å²) in [6, 6.07) is 17.3. The van der Waals surface area contributed by atoms with E-state index in [1.165, 1.54) is 28.8 Å². The second kappa shape index (κ2) is 16.1. The van der Waals surface area contributed by atoms with Gasteiger partial charge in [-0.3, -0.25) is 13.9 Å². The van der Waals surface area contributed by atoms with Crippen molar-refractivity contribution in [3.63, 3.8) is 0 Å². The molecule has 0 radical (unpaired) electrons. The smallest absolute Gasteiger partial charge is 0.264 e. The van der Waals surface area contributed by atoms with E-state index in [1.54, 1.807) is 61.5 Å². The van der Waals surface area contributed by atoms with Gasteiger partial charge in [0.1, 0.15) is 18.3 Å². The number of thioether (sulfide) groups is 1. The molecule has 12 heteroatoms. The van der Waals surface area contributed by atoms with Crippen LogP contribution in [0.5, 0.6) is 5.75 Å². The Balaban J connectivity index is 1.78. The Hall–Kier alpha value is -2.92. The zero-order valence-electron chi connectivity index (χ0n) is 25.7. The van der Waals surface area contributed by atoms with Gasteiger partial charge in [0.2, 0.25) is 11.8 Å². The number of halogens is 2. The number of para-hydroxylation sites is 2. The predicted octanol–water partition coefficient (Wildman–Crippen LogP) is 7.18. The molecule has 4 rings (SSSR count). The monoisotopic (exact) mass is 691 g/mol. The van der Waals surface area contributed by atoms with E-state index in [4.69, 9.17) is 27.9 Å². The predicted molar refractivity (Wildman–Crippen MR) is 182 cm³/mol. The molecule has 1 fully saturated rings. The minimum absolute atomic E-state index is 0.0196. The van der Waals surface area contributed by atoms with Gasteiger partial charge in [-0.25, -0.2) is 8.42 Å². The maximum atomic E-state index is 14.5. The number of anilines is 1. The fourth-order valence-corrected chi connectivity index (χ4v) is 7.82. The molecule has 3 aromatic carbocycles. The standard InChI is InChI=1S/C33H39Cl2N3O5S2/c1-4-29(33(40)36-23-11-6-7-12-23)37(21-26-27(34)13-10-14-28(26)35)32(39)22-38(30-15-8-9-16-31(30)43-5-2)45(41,42)25-19-17-24(44-3)18-20-25/h8-10,13-20,23,29H,4-7,11-12,21-22H2,1-3H3,(H,36,40). The summed E-state index contributed by atoms with van der Waals surface area (Å²) in [6.45, 7) is 3.23. The summed E-state index contributed by atoms with van der Waals surface area (Å²) in [5.74, 6) is -0.573. The van der Waals surface area contributed by atoms with E-state index in [9.17, 15) is 18.0 Å². The fourth-order valence-electron chi connectivity index (χ4n) is 5.47. The first-order chi connectivity index (χ1) is 21.6. The summed E-state index contributed by atoms with van der Waals surface area (Å²) in [7, 11) is -4.27. The van der Waals surface area contributed by atoms with Crippen molar-refractivity contribution >= 4 is 62.5 Å². The lowest BCUT2D eigenvalue weighted by atomic mass is 10.1. The van der Waals surface area contributed by atoms with Crippen LogP contribution in [0, 0.1) is 0 Å². The minimum Gasteiger partial charge on any atom is -0.492 e. The molecule has 242 valence electrons. The maximum absolute atomic E-state index is 14.5. The minimum atomic E-state index is -4.27. The normalized spacial score (nSPS) is 14.2. The van der Waals surface area contributed by atoms with E-state index in [2.05, 4.69) is 5.32 Å². The number of sulfonamides is 1. The summed E-state index contributed by atoms with van der Waals surface area (Å²) in [5, 5.41) is 3.78. The molecule has 3 aromatic rings. The van der Waals surface area contributed by atoms with Crippen LogP contribution in [0.2, 0.25) is 10.0 Å². The fraction of sp³-hybridized carbons (Fsp3) is 0.394. The first-order valence-electron chi connectivity index (χ1n) is 15.0. The first kappa shape index (κ1) is 34.9. The van der Waals surface area contributed by atoms with E-state index >= 15 is 0 Å². The van der Waals surface area contributed by atoms with Crippen LogP contribution in [0.15, 0.2) is 76.5 Å². The highest BCUT2D eigenvalue weighted by molar-refractivity contribution is 7.98. The Bertz CT molecular complexity index is 1560. The summed E-state index contributed by atoms with van der Waals surface area (Å²) in [5.41, 5.74) is 0.680. The molecular weight excluding hydrogens is 653 g/mol. The molecule has 1 aliphatic rings. The number of carbonyl (C=O) groups excluding carboxylic acids is 2. The number of benzene rings is 3. The molecule has 0 saturated heterocycles. The van der Waals surface area contributed by atoms with Crippen molar-refractivity contribution < 1.29 is 22.7 Å². The largest absolute Gasteiger partial charge is 0.492 e. The lowest BCUT2D eigenvalue weighted by molar-refractivity contribution is -0.140. The highest BCUT2D eigenvalue weighted by Gasteiger charge is 2.36. The van der Waals surface area contributed by atoms with Crippen molar-refractivity contribution in [1.29, 1.82) is 0 Å². The van der Waals surface area contributed by atoms with Crippen molar-refractivity contribution in [2.45, 2.75) is 74.4 Å². The van der Waals surface area contributed by atoms with Gasteiger partial charge in [0.15, 0.2) is 0 Å². The van der Waals surface area contributed by atoms with Gasteiger partial charge in [0.25, 0.3) is 10.0 Å². The van der Waals surface area contributed by atoms with Gasteiger partial charge in [-0.2, -0.15) is 0 Å². The zero-order valence-corrected chi connectivity index (χ0v) is 28.8. The Morgan fingerprint density at radius 2 is 1.62 bits per heavy atom. The van der Waals surface area contributed by atoms with Gasteiger partial charge in [0.05, 0.1) is 17.2 Å². The van der Waals surface area contributed by atoms with Crippen LogP contribution in [0.4, 0.5) is 5.69 Å². The molecule has 1 aliphatic carbocycles. The van der Waals surface area contributed by atoms with E-state index < -0.39 is 28.5 Å². The zero-order chi connectivity index (χ0) is 32.6. The molecule has 0 heterocycles.